The van der Waals surface area contributed by atoms with Gasteiger partial charge in [-0.3, -0.25) is 4.98 Å². The molecule has 1 aromatic heterocycles. The van der Waals surface area contributed by atoms with Crippen LogP contribution < -0.4 is 5.32 Å². The van der Waals surface area contributed by atoms with Crippen LogP contribution in [0.15, 0.2) is 42.7 Å². The van der Waals surface area contributed by atoms with Gasteiger partial charge in [0.1, 0.15) is 0 Å². The minimum absolute atomic E-state index is 0.121. The number of hydrogen-bond donors (Lipinski definition) is 1. The van der Waals surface area contributed by atoms with E-state index in [1.54, 1.807) is 24.5 Å². The molecule has 1 N–H and O–H groups in total. The summed E-state index contributed by atoms with van der Waals surface area (Å²) in [4.78, 5) is 3.98. The van der Waals surface area contributed by atoms with E-state index in [0.29, 0.717) is 12.2 Å². The highest BCUT2D eigenvalue weighted by molar-refractivity contribution is 6.31. The van der Waals surface area contributed by atoms with Gasteiger partial charge in [-0.25, -0.2) is 4.39 Å². The lowest BCUT2D eigenvalue weighted by atomic mass is 10.2. The summed E-state index contributed by atoms with van der Waals surface area (Å²) in [5, 5.41) is 3.09. The molecule has 0 aliphatic heterocycles. The van der Waals surface area contributed by atoms with Gasteiger partial charge in [0.25, 0.3) is 0 Å². The Bertz CT molecular complexity index is 474. The monoisotopic (exact) mass is 236 g/mol. The fourth-order valence-electron chi connectivity index (χ4n) is 1.34. The van der Waals surface area contributed by atoms with Gasteiger partial charge in [0.2, 0.25) is 0 Å². The van der Waals surface area contributed by atoms with Crippen molar-refractivity contribution < 1.29 is 4.39 Å². The third-order valence-electron chi connectivity index (χ3n) is 2.16. The van der Waals surface area contributed by atoms with Gasteiger partial charge in [0, 0.05) is 18.9 Å². The van der Waals surface area contributed by atoms with Crippen LogP contribution in [0.2, 0.25) is 5.02 Å². The molecule has 0 aliphatic rings. The van der Waals surface area contributed by atoms with Crippen LogP contribution in [0, 0.1) is 5.82 Å². The topological polar surface area (TPSA) is 24.9 Å². The molecule has 0 bridgehead atoms. The molecule has 0 atom stereocenters. The van der Waals surface area contributed by atoms with E-state index < -0.39 is 5.82 Å². The Morgan fingerprint density at radius 2 is 2.12 bits per heavy atom. The number of nitrogens with zero attached hydrogens (tertiary/aromatic N) is 1. The van der Waals surface area contributed by atoms with Crippen LogP contribution in [0.4, 0.5) is 10.1 Å². The Morgan fingerprint density at radius 3 is 2.88 bits per heavy atom. The molecule has 16 heavy (non-hydrogen) atoms. The summed E-state index contributed by atoms with van der Waals surface area (Å²) in [5.41, 5.74) is 1.39. The predicted octanol–water partition coefficient (Wildman–Crippen LogP) is 3.49. The van der Waals surface area contributed by atoms with Gasteiger partial charge in [-0.05, 0) is 23.8 Å². The number of hydrogen-bond acceptors (Lipinski definition) is 2. The number of rotatable bonds is 3. The van der Waals surface area contributed by atoms with Crippen LogP contribution in [-0.2, 0) is 6.54 Å². The summed E-state index contributed by atoms with van der Waals surface area (Å²) in [5.74, 6) is -0.423. The van der Waals surface area contributed by atoms with Gasteiger partial charge in [0.15, 0.2) is 5.82 Å². The Morgan fingerprint density at radius 1 is 1.25 bits per heavy atom. The molecule has 0 radical (unpaired) electrons. The fraction of sp³-hybridized carbons (Fsp3) is 0.0833. The first-order valence-corrected chi connectivity index (χ1v) is 5.22. The van der Waals surface area contributed by atoms with Crippen molar-refractivity contribution in [3.05, 3.63) is 59.1 Å². The van der Waals surface area contributed by atoms with E-state index >= 15 is 0 Å². The average molecular weight is 237 g/mol. The number of benzene rings is 1. The molecule has 2 aromatic rings. The molecule has 0 aliphatic carbocycles. The van der Waals surface area contributed by atoms with Gasteiger partial charge >= 0.3 is 0 Å². The highest BCUT2D eigenvalue weighted by Crippen LogP contribution is 2.22. The number of nitrogens with one attached hydrogen (secondary N) is 1. The van der Waals surface area contributed by atoms with Crippen molar-refractivity contribution in [3.63, 3.8) is 0 Å². The highest BCUT2D eigenvalue weighted by Gasteiger charge is 2.04. The zero-order valence-corrected chi connectivity index (χ0v) is 9.21. The molecule has 2 rings (SSSR count). The first kappa shape index (κ1) is 10.9. The lowest BCUT2D eigenvalue weighted by molar-refractivity contribution is 0.630. The zero-order valence-electron chi connectivity index (χ0n) is 8.45. The van der Waals surface area contributed by atoms with Gasteiger partial charge < -0.3 is 5.32 Å². The third kappa shape index (κ3) is 2.49. The van der Waals surface area contributed by atoms with E-state index in [-0.39, 0.29) is 5.02 Å². The van der Waals surface area contributed by atoms with Crippen molar-refractivity contribution in [1.29, 1.82) is 0 Å². The third-order valence-corrected chi connectivity index (χ3v) is 2.45. The Balaban J connectivity index is 2.08. The van der Waals surface area contributed by atoms with Gasteiger partial charge in [-0.2, -0.15) is 0 Å². The molecule has 2 nitrogen and oxygen atoms in total. The number of pyridine rings is 1. The van der Waals surface area contributed by atoms with Crippen LogP contribution in [-0.4, -0.2) is 4.98 Å². The largest absolute Gasteiger partial charge is 0.378 e. The number of halogens is 2. The maximum Gasteiger partial charge on any atom is 0.164 e. The molecule has 0 unspecified atom stereocenters. The SMILES string of the molecule is Fc1c(Cl)cccc1NCc1cccnc1. The molecule has 0 saturated carbocycles. The molecule has 0 saturated heterocycles. The van der Waals surface area contributed by atoms with E-state index in [9.17, 15) is 4.39 Å². The van der Waals surface area contributed by atoms with E-state index in [2.05, 4.69) is 10.3 Å². The van der Waals surface area contributed by atoms with Crippen molar-refractivity contribution >= 4 is 17.3 Å². The molecule has 0 amide bonds. The maximum absolute atomic E-state index is 13.5. The molecule has 82 valence electrons. The lowest BCUT2D eigenvalue weighted by Crippen LogP contribution is -2.01. The van der Waals surface area contributed by atoms with E-state index in [1.165, 1.54) is 6.07 Å². The maximum atomic E-state index is 13.5. The van der Waals surface area contributed by atoms with E-state index in [0.717, 1.165) is 5.56 Å². The summed E-state index contributed by atoms with van der Waals surface area (Å²) < 4.78 is 13.5. The van der Waals surface area contributed by atoms with Crippen LogP contribution in [0.3, 0.4) is 0 Å². The first-order valence-electron chi connectivity index (χ1n) is 4.84. The van der Waals surface area contributed by atoms with Crippen molar-refractivity contribution in [1.82, 2.24) is 4.98 Å². The number of anilines is 1. The average Bonchev–Trinajstić information content (AvgIpc) is 2.32. The molecular formula is C12H10ClFN2. The lowest BCUT2D eigenvalue weighted by Gasteiger charge is -2.07. The Hall–Kier alpha value is -1.61. The van der Waals surface area contributed by atoms with E-state index in [1.807, 2.05) is 12.1 Å². The summed E-state index contributed by atoms with van der Waals surface area (Å²) in [7, 11) is 0. The zero-order chi connectivity index (χ0) is 11.4. The van der Waals surface area contributed by atoms with Crippen LogP contribution >= 0.6 is 11.6 Å². The van der Waals surface area contributed by atoms with Crippen molar-refractivity contribution in [2.45, 2.75) is 6.54 Å². The minimum atomic E-state index is -0.423. The Labute approximate surface area is 98.1 Å². The summed E-state index contributed by atoms with van der Waals surface area (Å²) >= 11 is 5.67. The second-order valence-electron chi connectivity index (χ2n) is 3.32. The van der Waals surface area contributed by atoms with Crippen molar-refractivity contribution in [2.24, 2.45) is 0 Å². The van der Waals surface area contributed by atoms with Gasteiger partial charge in [-0.1, -0.05) is 23.7 Å². The molecule has 0 fully saturated rings. The predicted molar refractivity (Wildman–Crippen MR) is 63.0 cm³/mol. The standard InChI is InChI=1S/C12H10ClFN2/c13-10-4-1-5-11(12(10)14)16-8-9-3-2-6-15-7-9/h1-7,16H,8H2. The van der Waals surface area contributed by atoms with Gasteiger partial charge in [-0.15, -0.1) is 0 Å². The Kier molecular flexibility index (Phi) is 3.37. The fourth-order valence-corrected chi connectivity index (χ4v) is 1.51. The second-order valence-corrected chi connectivity index (χ2v) is 3.72. The molecule has 1 aromatic carbocycles. The molecular weight excluding hydrogens is 227 g/mol. The molecule has 1 heterocycles. The quantitative estimate of drug-likeness (QED) is 0.883. The smallest absolute Gasteiger partial charge is 0.164 e. The highest BCUT2D eigenvalue weighted by atomic mass is 35.5. The summed E-state index contributed by atoms with van der Waals surface area (Å²) in [6.45, 7) is 0.519. The second kappa shape index (κ2) is 4.94. The van der Waals surface area contributed by atoms with Crippen LogP contribution in [0.1, 0.15) is 5.56 Å². The van der Waals surface area contributed by atoms with Crippen LogP contribution in [0.25, 0.3) is 0 Å². The normalized spacial score (nSPS) is 10.1. The van der Waals surface area contributed by atoms with Gasteiger partial charge in [0.05, 0.1) is 10.7 Å². The summed E-state index contributed by atoms with van der Waals surface area (Å²) in [6.07, 6.45) is 3.43. The molecule has 4 heteroatoms. The molecule has 0 spiro atoms. The van der Waals surface area contributed by atoms with Crippen LogP contribution in [0.5, 0.6) is 0 Å². The summed E-state index contributed by atoms with van der Waals surface area (Å²) in [6, 6.07) is 8.63. The number of aromatic nitrogens is 1. The van der Waals surface area contributed by atoms with Crippen molar-refractivity contribution in [2.75, 3.05) is 5.32 Å². The van der Waals surface area contributed by atoms with Crippen molar-refractivity contribution in [3.8, 4) is 0 Å². The van der Waals surface area contributed by atoms with E-state index in [4.69, 9.17) is 11.6 Å². The minimum Gasteiger partial charge on any atom is -0.378 e. The first-order chi connectivity index (χ1) is 7.77.